The van der Waals surface area contributed by atoms with Crippen LogP contribution in [-0.4, -0.2) is 15.2 Å². The maximum Gasteiger partial charge on any atom is 0.416 e. The van der Waals surface area contributed by atoms with E-state index in [1.165, 1.54) is 23.9 Å². The van der Waals surface area contributed by atoms with E-state index in [0.717, 1.165) is 21.5 Å². The van der Waals surface area contributed by atoms with Crippen LogP contribution in [0, 0.1) is 6.92 Å². The van der Waals surface area contributed by atoms with E-state index in [-0.39, 0.29) is 11.4 Å². The fourth-order valence-corrected chi connectivity index (χ4v) is 3.11. The zero-order valence-corrected chi connectivity index (χ0v) is 15.3. The summed E-state index contributed by atoms with van der Waals surface area (Å²) in [6.07, 6.45) is -4.41. The second-order valence-corrected chi connectivity index (χ2v) is 7.14. The molecule has 128 valence electrons. The van der Waals surface area contributed by atoms with Crippen molar-refractivity contribution >= 4 is 27.7 Å². The Morgan fingerprint density at radius 3 is 2.40 bits per heavy atom. The molecule has 0 saturated heterocycles. The van der Waals surface area contributed by atoms with Crippen molar-refractivity contribution < 1.29 is 13.2 Å². The lowest BCUT2D eigenvalue weighted by Crippen LogP contribution is -2.05. The van der Waals surface area contributed by atoms with E-state index in [9.17, 15) is 13.2 Å². The van der Waals surface area contributed by atoms with Crippen molar-refractivity contribution in [2.45, 2.75) is 23.0 Å². The van der Waals surface area contributed by atoms with Gasteiger partial charge in [0.05, 0.1) is 11.3 Å². The third-order valence-electron chi connectivity index (χ3n) is 3.29. The summed E-state index contributed by atoms with van der Waals surface area (Å²) in [4.78, 5) is 5.34. The van der Waals surface area contributed by atoms with Crippen molar-refractivity contribution in [3.63, 3.8) is 0 Å². The van der Waals surface area contributed by atoms with Gasteiger partial charge in [-0.05, 0) is 43.3 Å². The second kappa shape index (κ2) is 7.13. The van der Waals surface area contributed by atoms with E-state index >= 15 is 0 Å². The molecule has 0 atom stereocenters. The van der Waals surface area contributed by atoms with Gasteiger partial charge in [0.1, 0.15) is 5.03 Å². The van der Waals surface area contributed by atoms with Gasteiger partial charge in [0.25, 0.3) is 0 Å². The first-order valence-corrected chi connectivity index (χ1v) is 8.76. The monoisotopic (exact) mass is 425 g/mol. The number of alkyl halides is 3. The van der Waals surface area contributed by atoms with Crippen LogP contribution in [0.5, 0.6) is 0 Å². The lowest BCUT2D eigenvalue weighted by atomic mass is 10.1. The van der Waals surface area contributed by atoms with Crippen LogP contribution in [0.4, 0.5) is 13.2 Å². The van der Waals surface area contributed by atoms with Crippen LogP contribution in [0.15, 0.2) is 62.9 Å². The first kappa shape index (κ1) is 17.9. The van der Waals surface area contributed by atoms with Gasteiger partial charge in [0.2, 0.25) is 0 Å². The Labute approximate surface area is 154 Å². The maximum atomic E-state index is 12.9. The van der Waals surface area contributed by atoms with E-state index < -0.39 is 11.7 Å². The molecule has 2 aromatic carbocycles. The van der Waals surface area contributed by atoms with Crippen LogP contribution < -0.4 is 0 Å². The molecule has 0 spiro atoms. The molecule has 8 heteroatoms. The first-order chi connectivity index (χ1) is 11.8. The fraction of sp³-hybridized carbons (Fsp3) is 0.118. The minimum absolute atomic E-state index is 0.163. The predicted molar refractivity (Wildman–Crippen MR) is 93.3 cm³/mol. The summed E-state index contributed by atoms with van der Waals surface area (Å²) in [7, 11) is 0. The molecule has 3 rings (SSSR count). The third-order valence-corrected chi connectivity index (χ3v) is 4.90. The molecule has 0 aliphatic heterocycles. The highest BCUT2D eigenvalue weighted by Crippen LogP contribution is 2.33. The fourth-order valence-electron chi connectivity index (χ4n) is 2.03. The number of aryl methyl sites for hydroxylation is 1. The van der Waals surface area contributed by atoms with Gasteiger partial charge in [-0.1, -0.05) is 39.8 Å². The molecule has 1 aromatic heterocycles. The minimum Gasteiger partial charge on any atom is -0.218 e. The Bertz CT molecular complexity index is 898. The number of rotatable bonds is 3. The normalized spacial score (nSPS) is 11.6. The van der Waals surface area contributed by atoms with Crippen LogP contribution in [0.1, 0.15) is 11.3 Å². The van der Waals surface area contributed by atoms with E-state index in [2.05, 4.69) is 31.1 Å². The molecule has 0 amide bonds. The van der Waals surface area contributed by atoms with Crippen molar-refractivity contribution in [2.24, 2.45) is 0 Å². The molecule has 1 heterocycles. The zero-order chi connectivity index (χ0) is 18.0. The molecular formula is C17H11BrF3N3S. The average molecular weight is 426 g/mol. The average Bonchev–Trinajstić information content (AvgIpc) is 2.58. The third kappa shape index (κ3) is 4.38. The number of hydrogen-bond acceptors (Lipinski definition) is 4. The van der Waals surface area contributed by atoms with Crippen molar-refractivity contribution in [1.29, 1.82) is 0 Å². The Hall–Kier alpha value is -1.93. The maximum absolute atomic E-state index is 12.9. The highest BCUT2D eigenvalue weighted by molar-refractivity contribution is 9.10. The van der Waals surface area contributed by atoms with Gasteiger partial charge in [-0.15, -0.1) is 5.10 Å². The molecular weight excluding hydrogens is 415 g/mol. The van der Waals surface area contributed by atoms with Gasteiger partial charge in [-0.25, -0.2) is 4.98 Å². The molecule has 0 bridgehead atoms. The summed E-state index contributed by atoms with van der Waals surface area (Å²) in [6.45, 7) is 1.76. The summed E-state index contributed by atoms with van der Waals surface area (Å²) in [5, 5.41) is 8.58. The molecule has 0 saturated carbocycles. The molecule has 0 fully saturated rings. The van der Waals surface area contributed by atoms with Crippen LogP contribution >= 0.6 is 27.7 Å². The summed E-state index contributed by atoms with van der Waals surface area (Å²) >= 11 is 4.76. The number of halogens is 4. The standard InChI is InChI=1S/C17H11BrF3N3S/c1-10-16(25-14-7-5-13(18)6-8-14)22-15(24-23-10)11-3-2-4-12(9-11)17(19,20)21/h2-9H,1H3. The SMILES string of the molecule is Cc1nnc(-c2cccc(C(F)(F)F)c2)nc1Sc1ccc(Br)cc1. The molecule has 25 heavy (non-hydrogen) atoms. The molecule has 3 nitrogen and oxygen atoms in total. The molecule has 3 aromatic rings. The molecule has 0 aliphatic rings. The summed E-state index contributed by atoms with van der Waals surface area (Å²) < 4.78 is 39.6. The van der Waals surface area contributed by atoms with Crippen LogP contribution in [0.3, 0.4) is 0 Å². The van der Waals surface area contributed by atoms with Crippen LogP contribution in [-0.2, 0) is 6.18 Å². The van der Waals surface area contributed by atoms with Crippen molar-refractivity contribution in [2.75, 3.05) is 0 Å². The minimum atomic E-state index is -4.41. The van der Waals surface area contributed by atoms with Gasteiger partial charge in [0, 0.05) is 14.9 Å². The highest BCUT2D eigenvalue weighted by atomic mass is 79.9. The van der Waals surface area contributed by atoms with Crippen molar-refractivity contribution in [3.8, 4) is 11.4 Å². The Morgan fingerprint density at radius 2 is 1.72 bits per heavy atom. The Kier molecular flexibility index (Phi) is 5.10. The van der Waals surface area contributed by atoms with E-state index in [4.69, 9.17) is 0 Å². The van der Waals surface area contributed by atoms with Gasteiger partial charge < -0.3 is 0 Å². The van der Waals surface area contributed by atoms with Gasteiger partial charge in [-0.2, -0.15) is 18.3 Å². The molecule has 0 aliphatic carbocycles. The van der Waals surface area contributed by atoms with Crippen molar-refractivity contribution in [3.05, 3.63) is 64.3 Å². The summed E-state index contributed by atoms with van der Waals surface area (Å²) in [5.41, 5.74) is 0.153. The number of nitrogens with zero attached hydrogens (tertiary/aromatic N) is 3. The van der Waals surface area contributed by atoms with Crippen molar-refractivity contribution in [1.82, 2.24) is 15.2 Å². The quantitative estimate of drug-likeness (QED) is 0.532. The van der Waals surface area contributed by atoms with E-state index in [1.54, 1.807) is 6.92 Å². The predicted octanol–water partition coefficient (Wildman–Crippen LogP) is 5.78. The summed E-state index contributed by atoms with van der Waals surface area (Å²) in [6, 6.07) is 12.6. The number of hydrogen-bond donors (Lipinski definition) is 0. The van der Waals surface area contributed by atoms with E-state index in [1.807, 2.05) is 24.3 Å². The van der Waals surface area contributed by atoms with E-state index in [0.29, 0.717) is 10.7 Å². The van der Waals surface area contributed by atoms with Crippen LogP contribution in [0.2, 0.25) is 0 Å². The molecule has 0 N–H and O–H groups in total. The lowest BCUT2D eigenvalue weighted by Gasteiger charge is -2.09. The second-order valence-electron chi connectivity index (χ2n) is 5.16. The Morgan fingerprint density at radius 1 is 1.00 bits per heavy atom. The summed E-state index contributed by atoms with van der Waals surface area (Å²) in [5.74, 6) is 0.163. The highest BCUT2D eigenvalue weighted by Gasteiger charge is 2.30. The Balaban J connectivity index is 1.95. The molecule has 0 unspecified atom stereocenters. The number of benzene rings is 2. The zero-order valence-electron chi connectivity index (χ0n) is 12.9. The van der Waals surface area contributed by atoms with Crippen LogP contribution in [0.25, 0.3) is 11.4 Å². The number of aromatic nitrogens is 3. The van der Waals surface area contributed by atoms with Gasteiger partial charge in [0.15, 0.2) is 5.82 Å². The molecule has 0 radical (unpaired) electrons. The largest absolute Gasteiger partial charge is 0.416 e. The first-order valence-electron chi connectivity index (χ1n) is 7.15. The topological polar surface area (TPSA) is 38.7 Å². The smallest absolute Gasteiger partial charge is 0.218 e. The lowest BCUT2D eigenvalue weighted by molar-refractivity contribution is -0.137. The van der Waals surface area contributed by atoms with Gasteiger partial charge >= 0.3 is 6.18 Å². The van der Waals surface area contributed by atoms with Gasteiger partial charge in [-0.3, -0.25) is 0 Å².